The third kappa shape index (κ3) is 13.5. The minimum atomic E-state index is -1.22. The Morgan fingerprint density at radius 3 is 0.720 bits per heavy atom. The van der Waals surface area contributed by atoms with Crippen LogP contribution in [0.15, 0.2) is 121 Å². The number of hydrogen-bond donors (Lipinski definition) is 0. The van der Waals surface area contributed by atoms with Crippen LogP contribution in [0.2, 0.25) is 0 Å². The summed E-state index contributed by atoms with van der Waals surface area (Å²) in [4.78, 5) is 0. The largest absolute Gasteiger partial charge is 0.195 e. The van der Waals surface area contributed by atoms with Crippen LogP contribution in [0, 0.1) is 0 Å². The van der Waals surface area contributed by atoms with Gasteiger partial charge >= 0.3 is 0 Å². The highest BCUT2D eigenvalue weighted by atomic mass is 31.2. The van der Waals surface area contributed by atoms with E-state index in [2.05, 4.69) is 149 Å². The first-order valence-corrected chi connectivity index (χ1v) is 23.4. The van der Waals surface area contributed by atoms with Crippen molar-refractivity contribution in [3.63, 3.8) is 0 Å². The van der Waals surface area contributed by atoms with E-state index < -0.39 is 13.4 Å². The molecular formula is C48H72BP. The van der Waals surface area contributed by atoms with Gasteiger partial charge in [0.05, 0.1) is 24.6 Å². The monoisotopic (exact) mass is 691 g/mol. The van der Waals surface area contributed by atoms with Crippen molar-refractivity contribution in [3.05, 3.63) is 121 Å². The zero-order valence-electron chi connectivity index (χ0n) is 32.7. The molecule has 0 amide bonds. The summed E-state index contributed by atoms with van der Waals surface area (Å²) in [7, 11) is -0.657. The summed E-state index contributed by atoms with van der Waals surface area (Å²) in [6.45, 7) is 9.40. The van der Waals surface area contributed by atoms with Crippen molar-refractivity contribution in [2.75, 3.05) is 24.6 Å². The van der Waals surface area contributed by atoms with Crippen LogP contribution in [-0.2, 0) is 0 Å². The molecule has 0 N–H and O–H groups in total. The Morgan fingerprint density at radius 1 is 0.300 bits per heavy atom. The molecule has 4 aromatic carbocycles. The summed E-state index contributed by atoms with van der Waals surface area (Å²) in [6, 6.07) is 43.5. The van der Waals surface area contributed by atoms with Crippen molar-refractivity contribution in [1.82, 2.24) is 0 Å². The maximum atomic E-state index is 2.35. The highest BCUT2D eigenvalue weighted by Crippen LogP contribution is 2.61. The Kier molecular flexibility index (Phi) is 21.2. The fourth-order valence-corrected chi connectivity index (χ4v) is 13.2. The van der Waals surface area contributed by atoms with Gasteiger partial charge in [-0.15, -0.1) is 0 Å². The molecule has 0 aliphatic rings. The second-order valence-electron chi connectivity index (χ2n) is 15.0. The second-order valence-corrected chi connectivity index (χ2v) is 19.5. The molecule has 4 aromatic rings. The molecule has 0 unspecified atom stereocenters. The quantitative estimate of drug-likeness (QED) is 0.0390. The first-order valence-electron chi connectivity index (χ1n) is 20.9. The van der Waals surface area contributed by atoms with Gasteiger partial charge in [-0.2, -0.15) is 21.9 Å². The van der Waals surface area contributed by atoms with Crippen LogP contribution in [0.5, 0.6) is 0 Å². The summed E-state index contributed by atoms with van der Waals surface area (Å²) in [5, 5.41) is 0. The van der Waals surface area contributed by atoms with Gasteiger partial charge < -0.3 is 0 Å². The molecule has 4 rings (SSSR count). The predicted octanol–water partition coefficient (Wildman–Crippen LogP) is 12.4. The lowest BCUT2D eigenvalue weighted by Gasteiger charge is -2.44. The molecule has 0 atom stereocenters. The van der Waals surface area contributed by atoms with Crippen molar-refractivity contribution in [1.29, 1.82) is 0 Å². The fraction of sp³-hybridized carbons (Fsp3) is 0.500. The number of unbranched alkanes of at least 4 members (excludes halogenated alkanes) is 12. The van der Waals surface area contributed by atoms with E-state index in [1.54, 1.807) is 24.6 Å². The Balaban J connectivity index is 0.000000270. The molecule has 0 aliphatic heterocycles. The van der Waals surface area contributed by atoms with Crippen molar-refractivity contribution < 1.29 is 0 Å². The minimum Gasteiger partial charge on any atom is -0.195 e. The zero-order chi connectivity index (χ0) is 35.6. The number of hydrogen-bond acceptors (Lipinski definition) is 0. The molecule has 0 spiro atoms. The molecule has 2 heteroatoms. The normalized spacial score (nSPS) is 11.6. The van der Waals surface area contributed by atoms with E-state index in [9.17, 15) is 0 Å². The summed E-state index contributed by atoms with van der Waals surface area (Å²) >= 11 is 0. The number of benzene rings is 4. The molecule has 0 aliphatic carbocycles. The van der Waals surface area contributed by atoms with Gasteiger partial charge in [0.1, 0.15) is 6.15 Å². The van der Waals surface area contributed by atoms with Crippen molar-refractivity contribution in [2.45, 2.75) is 130 Å². The van der Waals surface area contributed by atoms with Crippen LogP contribution in [0.25, 0.3) is 0 Å². The van der Waals surface area contributed by atoms with Crippen LogP contribution in [0.4, 0.5) is 0 Å². The standard InChI is InChI=1S/C24H20B.C24H52P/c1-5-13-21(14-6-1)25(22-15-7-2-8-16-22,23-17-9-3-10-18-23)24-19-11-4-12-20-24;1-5-9-13-17-21-25(22-18-14-10-6-2,23-19-15-11-7-3)24-20-16-12-8-4/h1-20H;5-24H2,1-4H3/q-1;+1. The summed E-state index contributed by atoms with van der Waals surface area (Å²) < 4.78 is 0. The minimum absolute atomic E-state index is 0.657. The van der Waals surface area contributed by atoms with Crippen molar-refractivity contribution >= 4 is 35.3 Å². The molecule has 0 saturated heterocycles. The molecule has 0 aromatic heterocycles. The zero-order valence-corrected chi connectivity index (χ0v) is 33.6. The lowest BCUT2D eigenvalue weighted by Crippen LogP contribution is -2.74. The lowest BCUT2D eigenvalue weighted by atomic mass is 9.13. The van der Waals surface area contributed by atoms with Crippen molar-refractivity contribution in [3.8, 4) is 0 Å². The smallest absolute Gasteiger partial charge is 0.108 e. The van der Waals surface area contributed by atoms with Gasteiger partial charge in [0.15, 0.2) is 0 Å². The van der Waals surface area contributed by atoms with E-state index in [1.165, 1.54) is 125 Å². The molecular weight excluding hydrogens is 618 g/mol. The molecule has 50 heavy (non-hydrogen) atoms. The number of rotatable bonds is 24. The Bertz CT molecular complexity index is 1120. The van der Waals surface area contributed by atoms with Gasteiger partial charge in [-0.1, -0.05) is 200 Å². The topological polar surface area (TPSA) is 0 Å². The predicted molar refractivity (Wildman–Crippen MR) is 233 cm³/mol. The molecule has 272 valence electrons. The summed E-state index contributed by atoms with van der Waals surface area (Å²) in [5.74, 6) is 0. The van der Waals surface area contributed by atoms with Gasteiger partial charge in [0, 0.05) is 7.26 Å². The third-order valence-corrected chi connectivity index (χ3v) is 16.2. The lowest BCUT2D eigenvalue weighted by molar-refractivity contribution is 0.673. The van der Waals surface area contributed by atoms with Crippen LogP contribution in [0.3, 0.4) is 0 Å². The van der Waals surface area contributed by atoms with E-state index >= 15 is 0 Å². The van der Waals surface area contributed by atoms with Crippen LogP contribution in [0.1, 0.15) is 130 Å². The fourth-order valence-electron chi connectivity index (χ4n) is 8.29. The SMILES string of the molecule is CCCCCC[P+](CCCCCC)(CCCCCC)CCCCCC.c1ccc([B-](c2ccccc2)(c2ccccc2)c2ccccc2)cc1. The Morgan fingerprint density at radius 2 is 0.520 bits per heavy atom. The molecule has 0 radical (unpaired) electrons. The average Bonchev–Trinajstić information content (AvgIpc) is 3.18. The first kappa shape index (κ1) is 41.8. The summed E-state index contributed by atoms with van der Waals surface area (Å²) in [6.07, 6.45) is 28.8. The van der Waals surface area contributed by atoms with Crippen LogP contribution < -0.4 is 21.9 Å². The van der Waals surface area contributed by atoms with Gasteiger partial charge in [0.25, 0.3) is 0 Å². The van der Waals surface area contributed by atoms with E-state index in [1.807, 2.05) is 0 Å². The molecule has 0 fully saturated rings. The van der Waals surface area contributed by atoms with Gasteiger partial charge in [0.2, 0.25) is 0 Å². The maximum Gasteiger partial charge on any atom is 0.108 e. The molecule has 0 bridgehead atoms. The van der Waals surface area contributed by atoms with Crippen LogP contribution in [-0.4, -0.2) is 30.8 Å². The Hall–Kier alpha value is -2.63. The maximum absolute atomic E-state index is 2.35. The first-order chi connectivity index (χ1) is 24.7. The third-order valence-electron chi connectivity index (χ3n) is 11.1. The molecule has 0 heterocycles. The second kappa shape index (κ2) is 25.3. The highest BCUT2D eigenvalue weighted by Gasteiger charge is 2.35. The van der Waals surface area contributed by atoms with E-state index in [0.717, 1.165) is 0 Å². The van der Waals surface area contributed by atoms with Crippen molar-refractivity contribution in [2.24, 2.45) is 0 Å². The van der Waals surface area contributed by atoms with E-state index in [0.29, 0.717) is 0 Å². The van der Waals surface area contributed by atoms with E-state index in [4.69, 9.17) is 0 Å². The Labute approximate surface area is 310 Å². The van der Waals surface area contributed by atoms with Crippen LogP contribution >= 0.6 is 7.26 Å². The van der Waals surface area contributed by atoms with E-state index in [-0.39, 0.29) is 0 Å². The van der Waals surface area contributed by atoms with Gasteiger partial charge in [-0.3, -0.25) is 0 Å². The van der Waals surface area contributed by atoms with Gasteiger partial charge in [-0.25, -0.2) is 0 Å². The molecule has 0 nitrogen and oxygen atoms in total. The molecule has 0 saturated carbocycles. The average molecular weight is 691 g/mol. The van der Waals surface area contributed by atoms with Gasteiger partial charge in [-0.05, 0) is 51.4 Å². The highest BCUT2D eigenvalue weighted by molar-refractivity contribution is 7.75. The summed E-state index contributed by atoms with van der Waals surface area (Å²) in [5.41, 5.74) is 5.36.